The summed E-state index contributed by atoms with van der Waals surface area (Å²) in [5, 5.41) is 0. The number of fused-ring (bicyclic) bond motifs is 1. The van der Waals surface area contributed by atoms with E-state index in [0.717, 1.165) is 50.0 Å². The monoisotopic (exact) mass is 411 g/mol. The van der Waals surface area contributed by atoms with Gasteiger partial charge in [0, 0.05) is 39.3 Å². The van der Waals surface area contributed by atoms with Crippen molar-refractivity contribution in [2.75, 3.05) is 59.7 Å². The molecular formula is C23H29N3O4. The predicted molar refractivity (Wildman–Crippen MR) is 114 cm³/mol. The molecule has 2 aromatic carbocycles. The van der Waals surface area contributed by atoms with Crippen LogP contribution in [-0.4, -0.2) is 80.3 Å². The second-order valence-electron chi connectivity index (χ2n) is 7.74. The number of para-hydroxylation sites is 1. The Morgan fingerprint density at radius 2 is 1.80 bits per heavy atom. The van der Waals surface area contributed by atoms with Crippen molar-refractivity contribution in [3.63, 3.8) is 0 Å². The topological polar surface area (TPSA) is 54.5 Å². The van der Waals surface area contributed by atoms with Gasteiger partial charge >= 0.3 is 0 Å². The predicted octanol–water partition coefficient (Wildman–Crippen LogP) is 2.07. The van der Waals surface area contributed by atoms with Crippen LogP contribution in [-0.2, 0) is 11.3 Å². The van der Waals surface area contributed by atoms with Crippen LogP contribution in [0.25, 0.3) is 0 Å². The average Bonchev–Trinajstić information content (AvgIpc) is 3.23. The van der Waals surface area contributed by atoms with Gasteiger partial charge in [-0.15, -0.1) is 0 Å². The third-order valence-electron chi connectivity index (χ3n) is 5.46. The fourth-order valence-corrected chi connectivity index (χ4v) is 3.70. The first-order valence-electron chi connectivity index (χ1n) is 10.4. The van der Waals surface area contributed by atoms with E-state index in [0.29, 0.717) is 26.5 Å². The summed E-state index contributed by atoms with van der Waals surface area (Å²) >= 11 is 0. The smallest absolute Gasteiger partial charge is 0.236 e. The van der Waals surface area contributed by atoms with Gasteiger partial charge in [-0.2, -0.15) is 0 Å². The zero-order chi connectivity index (χ0) is 20.8. The molecule has 0 bridgehead atoms. The van der Waals surface area contributed by atoms with Gasteiger partial charge in [-0.3, -0.25) is 14.6 Å². The standard InChI is InChI=1S/C23H29N3O4/c1-24(13-14-28-20-5-3-2-4-6-20)17-23(27)26-11-9-25(10-12-26)16-19-7-8-21-22(15-19)30-18-29-21/h2-8,15H,9-14,16-18H2,1H3. The molecule has 0 saturated carbocycles. The molecule has 2 aliphatic rings. The number of hydrogen-bond donors (Lipinski definition) is 0. The third kappa shape index (κ3) is 5.43. The van der Waals surface area contributed by atoms with Crippen molar-refractivity contribution in [1.82, 2.24) is 14.7 Å². The average molecular weight is 412 g/mol. The van der Waals surface area contributed by atoms with Crippen molar-refractivity contribution in [2.45, 2.75) is 6.54 Å². The Bertz CT molecular complexity index is 838. The lowest BCUT2D eigenvalue weighted by Gasteiger charge is -2.35. The van der Waals surface area contributed by atoms with Crippen molar-refractivity contribution in [3.05, 3.63) is 54.1 Å². The number of carbonyl (C=O) groups excluding carboxylic acids is 1. The Kier molecular flexibility index (Phi) is 6.71. The van der Waals surface area contributed by atoms with E-state index in [2.05, 4.69) is 11.0 Å². The number of amides is 1. The fraction of sp³-hybridized carbons (Fsp3) is 0.435. The quantitative estimate of drug-likeness (QED) is 0.663. The lowest BCUT2D eigenvalue weighted by Crippen LogP contribution is -2.50. The van der Waals surface area contributed by atoms with E-state index in [9.17, 15) is 4.79 Å². The zero-order valence-corrected chi connectivity index (χ0v) is 17.5. The minimum absolute atomic E-state index is 0.181. The largest absolute Gasteiger partial charge is 0.492 e. The van der Waals surface area contributed by atoms with Crippen LogP contribution in [0, 0.1) is 0 Å². The summed E-state index contributed by atoms with van der Waals surface area (Å²) in [5.74, 6) is 2.67. The van der Waals surface area contributed by atoms with Crippen LogP contribution in [0.3, 0.4) is 0 Å². The third-order valence-corrected chi connectivity index (χ3v) is 5.46. The second-order valence-corrected chi connectivity index (χ2v) is 7.74. The molecule has 2 aromatic rings. The van der Waals surface area contributed by atoms with Crippen LogP contribution in [0.5, 0.6) is 17.2 Å². The van der Waals surface area contributed by atoms with Crippen molar-refractivity contribution in [1.29, 1.82) is 0 Å². The minimum atomic E-state index is 0.181. The highest BCUT2D eigenvalue weighted by molar-refractivity contribution is 5.78. The number of rotatable bonds is 8. The van der Waals surface area contributed by atoms with Crippen molar-refractivity contribution in [2.24, 2.45) is 0 Å². The van der Waals surface area contributed by atoms with Crippen molar-refractivity contribution >= 4 is 5.91 Å². The van der Waals surface area contributed by atoms with E-state index in [1.165, 1.54) is 5.56 Å². The number of piperazine rings is 1. The number of ether oxygens (including phenoxy) is 3. The van der Waals surface area contributed by atoms with Crippen LogP contribution in [0.15, 0.2) is 48.5 Å². The SMILES string of the molecule is CN(CCOc1ccccc1)CC(=O)N1CCN(Cc2ccc3c(c2)OCO3)CC1. The normalized spacial score (nSPS) is 16.1. The first-order chi connectivity index (χ1) is 14.7. The first-order valence-corrected chi connectivity index (χ1v) is 10.4. The van der Waals surface area contributed by atoms with Gasteiger partial charge in [0.1, 0.15) is 12.4 Å². The Morgan fingerprint density at radius 3 is 2.60 bits per heavy atom. The summed E-state index contributed by atoms with van der Waals surface area (Å²) in [6, 6.07) is 15.8. The summed E-state index contributed by atoms with van der Waals surface area (Å²) in [7, 11) is 1.96. The minimum Gasteiger partial charge on any atom is -0.492 e. The summed E-state index contributed by atoms with van der Waals surface area (Å²) in [6.45, 7) is 6.13. The summed E-state index contributed by atoms with van der Waals surface area (Å²) < 4.78 is 16.5. The molecule has 0 aromatic heterocycles. The molecule has 0 radical (unpaired) electrons. The van der Waals surface area contributed by atoms with Gasteiger partial charge in [0.2, 0.25) is 12.7 Å². The summed E-state index contributed by atoms with van der Waals surface area (Å²) in [4.78, 5) is 19.0. The highest BCUT2D eigenvalue weighted by atomic mass is 16.7. The van der Waals surface area contributed by atoms with Crippen LogP contribution in [0.4, 0.5) is 0 Å². The summed E-state index contributed by atoms with van der Waals surface area (Å²) in [5.41, 5.74) is 1.21. The molecule has 4 rings (SSSR count). The number of carbonyl (C=O) groups is 1. The van der Waals surface area contributed by atoms with E-state index in [4.69, 9.17) is 14.2 Å². The van der Waals surface area contributed by atoms with Gasteiger partial charge in [-0.05, 0) is 36.9 Å². The molecule has 2 heterocycles. The van der Waals surface area contributed by atoms with E-state index < -0.39 is 0 Å². The Balaban J connectivity index is 1.16. The Labute approximate surface area is 177 Å². The van der Waals surface area contributed by atoms with Gasteiger partial charge in [0.15, 0.2) is 11.5 Å². The van der Waals surface area contributed by atoms with Crippen LogP contribution in [0.2, 0.25) is 0 Å². The molecular weight excluding hydrogens is 382 g/mol. The zero-order valence-electron chi connectivity index (χ0n) is 17.5. The first kappa shape index (κ1) is 20.5. The molecule has 7 heteroatoms. The molecule has 1 saturated heterocycles. The highest BCUT2D eigenvalue weighted by Gasteiger charge is 2.22. The van der Waals surface area contributed by atoms with E-state index in [1.54, 1.807) is 0 Å². The number of likely N-dealkylation sites (N-methyl/N-ethyl adjacent to an activating group) is 1. The van der Waals surface area contributed by atoms with Crippen molar-refractivity contribution in [3.8, 4) is 17.2 Å². The highest BCUT2D eigenvalue weighted by Crippen LogP contribution is 2.32. The lowest BCUT2D eigenvalue weighted by molar-refractivity contribution is -0.134. The number of nitrogens with zero attached hydrogens (tertiary/aromatic N) is 3. The van der Waals surface area contributed by atoms with E-state index in [-0.39, 0.29) is 5.91 Å². The number of hydrogen-bond acceptors (Lipinski definition) is 6. The molecule has 0 N–H and O–H groups in total. The second kappa shape index (κ2) is 9.82. The van der Waals surface area contributed by atoms with Gasteiger partial charge in [0.25, 0.3) is 0 Å². The van der Waals surface area contributed by atoms with Gasteiger partial charge in [0.05, 0.1) is 6.54 Å². The molecule has 7 nitrogen and oxygen atoms in total. The summed E-state index contributed by atoms with van der Waals surface area (Å²) in [6.07, 6.45) is 0. The fourth-order valence-electron chi connectivity index (χ4n) is 3.70. The van der Waals surface area contributed by atoms with E-state index in [1.807, 2.05) is 59.3 Å². The lowest BCUT2D eigenvalue weighted by atomic mass is 10.1. The molecule has 0 spiro atoms. The van der Waals surface area contributed by atoms with Gasteiger partial charge < -0.3 is 19.1 Å². The Hall–Kier alpha value is -2.77. The maximum atomic E-state index is 12.6. The molecule has 0 atom stereocenters. The van der Waals surface area contributed by atoms with Crippen LogP contribution in [0.1, 0.15) is 5.56 Å². The van der Waals surface area contributed by atoms with Crippen LogP contribution < -0.4 is 14.2 Å². The molecule has 30 heavy (non-hydrogen) atoms. The molecule has 0 aliphatic carbocycles. The molecule has 1 amide bonds. The number of benzene rings is 2. The maximum Gasteiger partial charge on any atom is 0.236 e. The molecule has 0 unspecified atom stereocenters. The maximum absolute atomic E-state index is 12.6. The van der Waals surface area contributed by atoms with Gasteiger partial charge in [-0.25, -0.2) is 0 Å². The molecule has 2 aliphatic heterocycles. The molecule has 1 fully saturated rings. The molecule has 160 valence electrons. The van der Waals surface area contributed by atoms with Gasteiger partial charge in [-0.1, -0.05) is 24.3 Å². The van der Waals surface area contributed by atoms with Crippen molar-refractivity contribution < 1.29 is 19.0 Å². The van der Waals surface area contributed by atoms with Crippen LogP contribution >= 0.6 is 0 Å². The Morgan fingerprint density at radius 1 is 1.03 bits per heavy atom. The van der Waals surface area contributed by atoms with E-state index >= 15 is 0 Å².